The van der Waals surface area contributed by atoms with E-state index in [2.05, 4.69) is 0 Å². The van der Waals surface area contributed by atoms with E-state index in [1.807, 2.05) is 45.1 Å². The lowest BCUT2D eigenvalue weighted by Crippen LogP contribution is -2.48. The molecule has 98 valence electrons. The second kappa shape index (κ2) is 4.26. The molecule has 1 aliphatic heterocycles. The van der Waals surface area contributed by atoms with Crippen molar-refractivity contribution >= 4 is 11.9 Å². The molecule has 0 radical (unpaired) electrons. The quantitative estimate of drug-likeness (QED) is 0.666. The Hall–Kier alpha value is -1.58. The van der Waals surface area contributed by atoms with Crippen LogP contribution in [0.15, 0.2) is 24.3 Å². The van der Waals surface area contributed by atoms with Gasteiger partial charge < -0.3 is 4.74 Å². The first-order valence-electron chi connectivity index (χ1n) is 6.20. The molecule has 1 amide bonds. The minimum atomic E-state index is -0.521. The molecular formula is C14H19NO3. The van der Waals surface area contributed by atoms with Gasteiger partial charge in [0.2, 0.25) is 5.91 Å². The number of rotatable bonds is 1. The monoisotopic (exact) mass is 249 g/mol. The number of cyclic esters (lactones) is 1. The third kappa shape index (κ3) is 2.07. The van der Waals surface area contributed by atoms with Crippen LogP contribution in [0.25, 0.3) is 0 Å². The molecule has 0 spiro atoms. The highest BCUT2D eigenvalue weighted by Crippen LogP contribution is 2.32. The highest BCUT2D eigenvalue weighted by atomic mass is 16.6. The summed E-state index contributed by atoms with van der Waals surface area (Å²) in [5.74, 6) is -0.420. The standard InChI is InChI=1S/C14H19NO3/c1-9-12(16)18-11(10-7-5-6-8-10)15(9)13(17)14(2,3)4/h5-11H,1-4H3/t9-,11-/m0/s1. The van der Waals surface area contributed by atoms with Gasteiger partial charge in [-0.3, -0.25) is 9.69 Å². The summed E-state index contributed by atoms with van der Waals surface area (Å²) >= 11 is 0. The number of esters is 1. The summed E-state index contributed by atoms with van der Waals surface area (Å²) in [5.41, 5.74) is -0.521. The highest BCUT2D eigenvalue weighted by Gasteiger charge is 2.47. The first kappa shape index (κ1) is 12.9. The van der Waals surface area contributed by atoms with Crippen LogP contribution < -0.4 is 0 Å². The molecule has 0 saturated carbocycles. The van der Waals surface area contributed by atoms with Gasteiger partial charge in [0.1, 0.15) is 6.04 Å². The topological polar surface area (TPSA) is 46.6 Å². The van der Waals surface area contributed by atoms with Crippen molar-refractivity contribution in [1.29, 1.82) is 0 Å². The van der Waals surface area contributed by atoms with Crippen LogP contribution in [0.1, 0.15) is 27.7 Å². The van der Waals surface area contributed by atoms with Crippen LogP contribution in [-0.4, -0.2) is 29.0 Å². The van der Waals surface area contributed by atoms with E-state index < -0.39 is 17.7 Å². The van der Waals surface area contributed by atoms with E-state index in [0.29, 0.717) is 0 Å². The average molecular weight is 249 g/mol. The van der Waals surface area contributed by atoms with Gasteiger partial charge in [0.25, 0.3) is 0 Å². The second-order valence-electron chi connectivity index (χ2n) is 5.81. The van der Waals surface area contributed by atoms with E-state index in [1.165, 1.54) is 0 Å². The highest BCUT2D eigenvalue weighted by molar-refractivity contribution is 5.89. The second-order valence-corrected chi connectivity index (χ2v) is 5.81. The van der Waals surface area contributed by atoms with Crippen molar-refractivity contribution in [3.8, 4) is 0 Å². The van der Waals surface area contributed by atoms with E-state index in [1.54, 1.807) is 11.8 Å². The third-order valence-electron chi connectivity index (χ3n) is 3.25. The van der Waals surface area contributed by atoms with Crippen LogP contribution in [0.3, 0.4) is 0 Å². The summed E-state index contributed by atoms with van der Waals surface area (Å²) in [7, 11) is 0. The van der Waals surface area contributed by atoms with Crippen molar-refractivity contribution in [2.75, 3.05) is 0 Å². The average Bonchev–Trinajstić information content (AvgIpc) is 2.86. The van der Waals surface area contributed by atoms with Crippen molar-refractivity contribution in [1.82, 2.24) is 4.90 Å². The molecule has 2 atom stereocenters. The molecule has 0 bridgehead atoms. The molecule has 1 saturated heterocycles. The van der Waals surface area contributed by atoms with E-state index in [9.17, 15) is 9.59 Å². The summed E-state index contributed by atoms with van der Waals surface area (Å²) in [6.07, 6.45) is 7.19. The van der Waals surface area contributed by atoms with Crippen molar-refractivity contribution in [2.45, 2.75) is 40.0 Å². The first-order chi connectivity index (χ1) is 8.32. The molecule has 0 aromatic heterocycles. The fourth-order valence-electron chi connectivity index (χ4n) is 2.19. The molecular weight excluding hydrogens is 230 g/mol. The lowest BCUT2D eigenvalue weighted by atomic mass is 9.93. The largest absolute Gasteiger partial charge is 0.439 e. The number of carbonyl (C=O) groups excluding carboxylic acids is 2. The Labute approximate surface area is 107 Å². The van der Waals surface area contributed by atoms with Crippen molar-refractivity contribution in [3.05, 3.63) is 24.3 Å². The zero-order valence-corrected chi connectivity index (χ0v) is 11.2. The molecule has 0 aromatic rings. The fraction of sp³-hybridized carbons (Fsp3) is 0.571. The van der Waals surface area contributed by atoms with E-state index in [0.717, 1.165) is 0 Å². The van der Waals surface area contributed by atoms with Crippen LogP contribution in [-0.2, 0) is 14.3 Å². The first-order valence-corrected chi connectivity index (χ1v) is 6.20. The molecule has 0 N–H and O–H groups in total. The van der Waals surface area contributed by atoms with Gasteiger partial charge in [-0.1, -0.05) is 45.1 Å². The Morgan fingerprint density at radius 2 is 1.83 bits per heavy atom. The van der Waals surface area contributed by atoms with Gasteiger partial charge in [-0.05, 0) is 6.92 Å². The molecule has 1 aliphatic carbocycles. The molecule has 1 fully saturated rings. The molecule has 2 aliphatic rings. The van der Waals surface area contributed by atoms with Gasteiger partial charge in [-0.25, -0.2) is 4.79 Å². The van der Waals surface area contributed by atoms with Gasteiger partial charge in [0.05, 0.1) is 5.92 Å². The molecule has 0 aromatic carbocycles. The summed E-state index contributed by atoms with van der Waals surface area (Å²) in [6, 6.07) is -0.510. The van der Waals surface area contributed by atoms with Crippen LogP contribution in [0, 0.1) is 11.3 Å². The Bertz CT molecular complexity index is 419. The molecule has 0 unspecified atom stereocenters. The number of hydrogen-bond donors (Lipinski definition) is 0. The minimum Gasteiger partial charge on any atom is -0.439 e. The van der Waals surface area contributed by atoms with Crippen molar-refractivity contribution < 1.29 is 14.3 Å². The summed E-state index contributed by atoms with van der Waals surface area (Å²) in [6.45, 7) is 7.26. The van der Waals surface area contributed by atoms with E-state index in [-0.39, 0.29) is 17.8 Å². The number of hydrogen-bond acceptors (Lipinski definition) is 3. The normalized spacial score (nSPS) is 28.0. The zero-order chi connectivity index (χ0) is 13.5. The van der Waals surface area contributed by atoms with Crippen molar-refractivity contribution in [2.24, 2.45) is 11.3 Å². The number of carbonyl (C=O) groups is 2. The number of nitrogens with zero attached hydrogens (tertiary/aromatic N) is 1. The lowest BCUT2D eigenvalue weighted by Gasteiger charge is -2.32. The maximum absolute atomic E-state index is 12.4. The third-order valence-corrected chi connectivity index (χ3v) is 3.25. The summed E-state index contributed by atoms with van der Waals surface area (Å²) in [5, 5.41) is 0. The molecule has 18 heavy (non-hydrogen) atoms. The van der Waals surface area contributed by atoms with Gasteiger partial charge in [0.15, 0.2) is 6.23 Å². The number of amides is 1. The van der Waals surface area contributed by atoms with Crippen LogP contribution >= 0.6 is 0 Å². The molecule has 1 heterocycles. The van der Waals surface area contributed by atoms with Gasteiger partial charge in [0, 0.05) is 5.41 Å². The summed E-state index contributed by atoms with van der Waals surface area (Å²) in [4.78, 5) is 25.7. The maximum atomic E-state index is 12.4. The fourth-order valence-corrected chi connectivity index (χ4v) is 2.19. The van der Waals surface area contributed by atoms with Crippen LogP contribution in [0.5, 0.6) is 0 Å². The predicted molar refractivity (Wildman–Crippen MR) is 67.4 cm³/mol. The van der Waals surface area contributed by atoms with Gasteiger partial charge in [-0.15, -0.1) is 0 Å². The van der Waals surface area contributed by atoms with Crippen LogP contribution in [0.4, 0.5) is 0 Å². The molecule has 2 rings (SSSR count). The van der Waals surface area contributed by atoms with E-state index in [4.69, 9.17) is 4.74 Å². The van der Waals surface area contributed by atoms with Gasteiger partial charge in [-0.2, -0.15) is 0 Å². The SMILES string of the molecule is C[C@H]1C(=O)O[C@@H](C2C=CC=C2)N1C(=O)C(C)(C)C. The molecule has 4 heteroatoms. The minimum absolute atomic E-state index is 0.0369. The molecule has 4 nitrogen and oxygen atoms in total. The van der Waals surface area contributed by atoms with Crippen molar-refractivity contribution in [3.63, 3.8) is 0 Å². The Balaban J connectivity index is 2.28. The number of allylic oxidation sites excluding steroid dienone is 2. The van der Waals surface area contributed by atoms with E-state index >= 15 is 0 Å². The summed E-state index contributed by atoms with van der Waals surface area (Å²) < 4.78 is 5.35. The van der Waals surface area contributed by atoms with Gasteiger partial charge >= 0.3 is 5.97 Å². The number of ether oxygens (including phenoxy) is 1. The maximum Gasteiger partial charge on any atom is 0.330 e. The Morgan fingerprint density at radius 3 is 2.33 bits per heavy atom. The lowest BCUT2D eigenvalue weighted by molar-refractivity contribution is -0.149. The Morgan fingerprint density at radius 1 is 1.28 bits per heavy atom. The predicted octanol–water partition coefficient (Wildman–Crippen LogP) is 1.87. The Kier molecular flexibility index (Phi) is 3.05. The van der Waals surface area contributed by atoms with Crippen LogP contribution in [0.2, 0.25) is 0 Å². The zero-order valence-electron chi connectivity index (χ0n) is 11.2. The smallest absolute Gasteiger partial charge is 0.330 e.